The van der Waals surface area contributed by atoms with E-state index < -0.39 is 0 Å². The Morgan fingerprint density at radius 1 is 1.43 bits per heavy atom. The molecular formula is C10H9N3O. The Morgan fingerprint density at radius 3 is 2.93 bits per heavy atom. The molecule has 0 amide bonds. The van der Waals surface area contributed by atoms with Crippen molar-refractivity contribution in [1.29, 1.82) is 0 Å². The van der Waals surface area contributed by atoms with E-state index >= 15 is 0 Å². The molecule has 2 aromatic rings. The number of aryl methyl sites for hydroxylation is 1. The molecule has 0 atom stereocenters. The van der Waals surface area contributed by atoms with Crippen molar-refractivity contribution >= 4 is 6.29 Å². The van der Waals surface area contributed by atoms with E-state index in [0.29, 0.717) is 5.56 Å². The Bertz CT molecular complexity index is 462. The van der Waals surface area contributed by atoms with Gasteiger partial charge in [-0.15, -0.1) is 0 Å². The zero-order valence-corrected chi connectivity index (χ0v) is 7.71. The fraction of sp³-hybridized carbons (Fsp3) is 0.100. The Labute approximate surface area is 81.2 Å². The van der Waals surface area contributed by atoms with E-state index in [9.17, 15) is 4.79 Å². The van der Waals surface area contributed by atoms with Crippen LogP contribution in [0, 0.1) is 0 Å². The van der Waals surface area contributed by atoms with E-state index in [4.69, 9.17) is 0 Å². The lowest BCUT2D eigenvalue weighted by atomic mass is 10.2. The second-order valence-corrected chi connectivity index (χ2v) is 2.99. The van der Waals surface area contributed by atoms with E-state index in [-0.39, 0.29) is 0 Å². The Hall–Kier alpha value is -1.97. The molecule has 4 nitrogen and oxygen atoms in total. The summed E-state index contributed by atoms with van der Waals surface area (Å²) in [5.41, 5.74) is 1.41. The van der Waals surface area contributed by atoms with E-state index in [1.165, 1.54) is 6.20 Å². The summed E-state index contributed by atoms with van der Waals surface area (Å²) in [6.07, 6.45) is 7.56. The number of pyridine rings is 1. The standard InChI is InChI=1S/C10H9N3O/c1-13-3-2-12-10(13)9-4-8(7-14)5-11-6-9/h2-7H,1H3. The van der Waals surface area contributed by atoms with Gasteiger partial charge in [-0.1, -0.05) is 0 Å². The van der Waals surface area contributed by atoms with Gasteiger partial charge in [0.1, 0.15) is 5.82 Å². The summed E-state index contributed by atoms with van der Waals surface area (Å²) < 4.78 is 1.88. The van der Waals surface area contributed by atoms with Crippen molar-refractivity contribution in [2.24, 2.45) is 7.05 Å². The lowest BCUT2D eigenvalue weighted by molar-refractivity contribution is 0.112. The normalized spacial score (nSPS) is 10.1. The SMILES string of the molecule is Cn1ccnc1-c1cncc(C=O)c1. The van der Waals surface area contributed by atoms with Gasteiger partial charge in [-0.2, -0.15) is 0 Å². The third-order valence-electron chi connectivity index (χ3n) is 1.97. The van der Waals surface area contributed by atoms with Crippen LogP contribution in [0.25, 0.3) is 11.4 Å². The van der Waals surface area contributed by atoms with Gasteiger partial charge in [0.05, 0.1) is 0 Å². The highest BCUT2D eigenvalue weighted by molar-refractivity contribution is 5.76. The van der Waals surface area contributed by atoms with Crippen LogP contribution in [0.5, 0.6) is 0 Å². The largest absolute Gasteiger partial charge is 0.334 e. The molecule has 0 bridgehead atoms. The summed E-state index contributed by atoms with van der Waals surface area (Å²) in [6, 6.07) is 1.77. The van der Waals surface area contributed by atoms with Crippen LogP contribution >= 0.6 is 0 Å². The number of nitrogens with zero attached hydrogens (tertiary/aromatic N) is 3. The average molecular weight is 187 g/mol. The highest BCUT2D eigenvalue weighted by Crippen LogP contribution is 2.15. The summed E-state index contributed by atoms with van der Waals surface area (Å²) in [6.45, 7) is 0. The maximum absolute atomic E-state index is 10.5. The molecule has 0 fully saturated rings. The molecule has 2 heterocycles. The predicted molar refractivity (Wildman–Crippen MR) is 51.8 cm³/mol. The van der Waals surface area contributed by atoms with Gasteiger partial charge < -0.3 is 4.57 Å². The van der Waals surface area contributed by atoms with Gasteiger partial charge in [-0.25, -0.2) is 4.98 Å². The molecule has 2 aromatic heterocycles. The third kappa shape index (κ3) is 1.42. The number of carbonyl (C=O) groups is 1. The number of aldehydes is 1. The smallest absolute Gasteiger partial charge is 0.151 e. The fourth-order valence-corrected chi connectivity index (χ4v) is 1.29. The van der Waals surface area contributed by atoms with Crippen molar-refractivity contribution in [3.8, 4) is 11.4 Å². The summed E-state index contributed by atoms with van der Waals surface area (Å²) in [5.74, 6) is 0.807. The van der Waals surface area contributed by atoms with Gasteiger partial charge >= 0.3 is 0 Å². The molecule has 0 aliphatic carbocycles. The molecule has 0 aliphatic rings. The highest BCUT2D eigenvalue weighted by Gasteiger charge is 2.03. The maximum Gasteiger partial charge on any atom is 0.151 e. The monoisotopic (exact) mass is 187 g/mol. The molecule has 0 N–H and O–H groups in total. The second-order valence-electron chi connectivity index (χ2n) is 2.99. The molecule has 0 unspecified atom stereocenters. The molecule has 4 heteroatoms. The molecule has 70 valence electrons. The number of carbonyl (C=O) groups excluding carboxylic acids is 1. The molecule has 0 saturated carbocycles. The second kappa shape index (κ2) is 3.41. The van der Waals surface area contributed by atoms with Crippen LogP contribution in [0.3, 0.4) is 0 Å². The van der Waals surface area contributed by atoms with E-state index in [0.717, 1.165) is 17.7 Å². The van der Waals surface area contributed by atoms with E-state index in [1.54, 1.807) is 18.5 Å². The van der Waals surface area contributed by atoms with Crippen LogP contribution in [-0.2, 0) is 7.05 Å². The summed E-state index contributed by atoms with van der Waals surface area (Å²) in [4.78, 5) is 18.7. The zero-order chi connectivity index (χ0) is 9.97. The molecule has 0 radical (unpaired) electrons. The van der Waals surface area contributed by atoms with Gasteiger partial charge in [-0.3, -0.25) is 9.78 Å². The maximum atomic E-state index is 10.5. The topological polar surface area (TPSA) is 47.8 Å². The van der Waals surface area contributed by atoms with Crippen molar-refractivity contribution in [2.75, 3.05) is 0 Å². The van der Waals surface area contributed by atoms with Crippen LogP contribution in [0.2, 0.25) is 0 Å². The molecule has 0 saturated heterocycles. The summed E-state index contributed by atoms with van der Waals surface area (Å²) in [7, 11) is 1.90. The Morgan fingerprint density at radius 2 is 2.29 bits per heavy atom. The lowest BCUT2D eigenvalue weighted by Crippen LogP contribution is -1.93. The minimum atomic E-state index is 0.561. The molecule has 0 spiro atoms. The van der Waals surface area contributed by atoms with Gasteiger partial charge in [-0.05, 0) is 6.07 Å². The van der Waals surface area contributed by atoms with Gasteiger partial charge in [0, 0.05) is 43.0 Å². The third-order valence-corrected chi connectivity index (χ3v) is 1.97. The molecule has 0 aliphatic heterocycles. The summed E-state index contributed by atoms with van der Waals surface area (Å²) in [5, 5.41) is 0. The first kappa shape index (κ1) is 8.62. The van der Waals surface area contributed by atoms with Gasteiger partial charge in [0.2, 0.25) is 0 Å². The minimum Gasteiger partial charge on any atom is -0.334 e. The van der Waals surface area contributed by atoms with Gasteiger partial charge in [0.25, 0.3) is 0 Å². The number of hydrogen-bond donors (Lipinski definition) is 0. The highest BCUT2D eigenvalue weighted by atomic mass is 16.1. The van der Waals surface area contributed by atoms with E-state index in [1.807, 2.05) is 17.8 Å². The van der Waals surface area contributed by atoms with Crippen LogP contribution in [-0.4, -0.2) is 20.8 Å². The van der Waals surface area contributed by atoms with Crippen LogP contribution in [0.4, 0.5) is 0 Å². The predicted octanol–water partition coefficient (Wildman–Crippen LogP) is 1.29. The van der Waals surface area contributed by atoms with Crippen LogP contribution in [0.15, 0.2) is 30.9 Å². The van der Waals surface area contributed by atoms with Crippen LogP contribution < -0.4 is 0 Å². The first-order valence-corrected chi connectivity index (χ1v) is 4.19. The van der Waals surface area contributed by atoms with Crippen molar-refractivity contribution in [3.05, 3.63) is 36.4 Å². The van der Waals surface area contributed by atoms with Crippen LogP contribution in [0.1, 0.15) is 10.4 Å². The van der Waals surface area contributed by atoms with Crippen molar-refractivity contribution in [3.63, 3.8) is 0 Å². The summed E-state index contributed by atoms with van der Waals surface area (Å²) >= 11 is 0. The Balaban J connectivity index is 2.52. The van der Waals surface area contributed by atoms with Gasteiger partial charge in [0.15, 0.2) is 6.29 Å². The molecule has 2 rings (SSSR count). The lowest BCUT2D eigenvalue weighted by Gasteiger charge is -2.00. The number of hydrogen-bond acceptors (Lipinski definition) is 3. The zero-order valence-electron chi connectivity index (χ0n) is 7.71. The first-order chi connectivity index (χ1) is 6.81. The number of imidazole rings is 1. The number of rotatable bonds is 2. The average Bonchev–Trinajstić information content (AvgIpc) is 2.65. The molecule has 14 heavy (non-hydrogen) atoms. The van der Waals surface area contributed by atoms with Crippen molar-refractivity contribution < 1.29 is 4.79 Å². The molecular weight excluding hydrogens is 178 g/mol. The first-order valence-electron chi connectivity index (χ1n) is 4.19. The molecule has 0 aromatic carbocycles. The van der Waals surface area contributed by atoms with Crippen molar-refractivity contribution in [2.45, 2.75) is 0 Å². The fourth-order valence-electron chi connectivity index (χ4n) is 1.29. The quantitative estimate of drug-likeness (QED) is 0.665. The number of aromatic nitrogens is 3. The minimum absolute atomic E-state index is 0.561. The van der Waals surface area contributed by atoms with Crippen molar-refractivity contribution in [1.82, 2.24) is 14.5 Å². The Kier molecular flexibility index (Phi) is 2.10. The van der Waals surface area contributed by atoms with E-state index in [2.05, 4.69) is 9.97 Å².